The summed E-state index contributed by atoms with van der Waals surface area (Å²) >= 11 is 0. The summed E-state index contributed by atoms with van der Waals surface area (Å²) in [6.07, 6.45) is 4.37. The molecule has 0 aliphatic carbocycles. The van der Waals surface area contributed by atoms with E-state index in [1.165, 1.54) is 18.5 Å². The standard InChI is InChI=1S/C15H30N4/c1-6-13(7-2)15(18(4)5)12-16-11-14-9-10-17-19(14)8-3/h9-10,13,15-16H,6-8,11-12H2,1-5H3. The SMILES string of the molecule is CCC(CC)C(CNCc1ccnn1CC)N(C)C. The van der Waals surface area contributed by atoms with Gasteiger partial charge in [-0.1, -0.05) is 26.7 Å². The third-order valence-corrected chi connectivity index (χ3v) is 4.02. The molecule has 4 heteroatoms. The lowest BCUT2D eigenvalue weighted by atomic mass is 9.93. The van der Waals surface area contributed by atoms with Crippen molar-refractivity contribution < 1.29 is 0 Å². The molecule has 1 rings (SSSR count). The van der Waals surface area contributed by atoms with Gasteiger partial charge >= 0.3 is 0 Å². The van der Waals surface area contributed by atoms with Crippen molar-refractivity contribution in [2.45, 2.75) is 52.7 Å². The number of rotatable bonds is 9. The molecule has 0 bridgehead atoms. The minimum Gasteiger partial charge on any atom is -0.310 e. The monoisotopic (exact) mass is 266 g/mol. The zero-order valence-electron chi connectivity index (χ0n) is 13.2. The second kappa shape index (κ2) is 8.33. The van der Waals surface area contributed by atoms with E-state index < -0.39 is 0 Å². The van der Waals surface area contributed by atoms with Gasteiger partial charge in [0.1, 0.15) is 0 Å². The van der Waals surface area contributed by atoms with Gasteiger partial charge in [-0.2, -0.15) is 5.10 Å². The molecule has 0 saturated heterocycles. The molecule has 1 aromatic heterocycles. The van der Waals surface area contributed by atoms with Gasteiger partial charge < -0.3 is 10.2 Å². The summed E-state index contributed by atoms with van der Waals surface area (Å²) in [5, 5.41) is 7.89. The van der Waals surface area contributed by atoms with Crippen LogP contribution in [-0.4, -0.2) is 41.4 Å². The first-order chi connectivity index (χ1) is 9.13. The number of aromatic nitrogens is 2. The van der Waals surface area contributed by atoms with Gasteiger partial charge in [0.15, 0.2) is 0 Å². The van der Waals surface area contributed by atoms with Crippen LogP contribution in [0, 0.1) is 5.92 Å². The van der Waals surface area contributed by atoms with Crippen LogP contribution in [0.3, 0.4) is 0 Å². The molecule has 19 heavy (non-hydrogen) atoms. The second-order valence-corrected chi connectivity index (χ2v) is 5.38. The molecule has 1 unspecified atom stereocenters. The van der Waals surface area contributed by atoms with Crippen LogP contribution in [0.5, 0.6) is 0 Å². The van der Waals surface area contributed by atoms with E-state index in [0.717, 1.165) is 25.6 Å². The molecule has 0 radical (unpaired) electrons. The van der Waals surface area contributed by atoms with E-state index in [9.17, 15) is 0 Å². The molecule has 0 fully saturated rings. The van der Waals surface area contributed by atoms with E-state index in [4.69, 9.17) is 0 Å². The van der Waals surface area contributed by atoms with Crippen molar-refractivity contribution in [2.24, 2.45) is 5.92 Å². The Balaban J connectivity index is 2.48. The predicted molar refractivity (Wildman–Crippen MR) is 81.2 cm³/mol. The molecule has 1 N–H and O–H groups in total. The van der Waals surface area contributed by atoms with Crippen LogP contribution in [0.4, 0.5) is 0 Å². The molecule has 0 aliphatic rings. The van der Waals surface area contributed by atoms with Gasteiger partial charge in [0.2, 0.25) is 0 Å². The molecule has 4 nitrogen and oxygen atoms in total. The molecular formula is C15H30N4. The maximum Gasteiger partial charge on any atom is 0.0521 e. The highest BCUT2D eigenvalue weighted by molar-refractivity contribution is 5.00. The van der Waals surface area contributed by atoms with Crippen LogP contribution < -0.4 is 5.32 Å². The molecule has 1 atom stereocenters. The Kier molecular flexibility index (Phi) is 7.10. The van der Waals surface area contributed by atoms with Crippen molar-refractivity contribution in [1.82, 2.24) is 20.0 Å². The normalized spacial score (nSPS) is 13.4. The highest BCUT2D eigenvalue weighted by Crippen LogP contribution is 2.16. The number of hydrogen-bond donors (Lipinski definition) is 1. The third-order valence-electron chi connectivity index (χ3n) is 4.02. The number of aryl methyl sites for hydroxylation is 1. The Labute approximate surface area is 118 Å². The van der Waals surface area contributed by atoms with E-state index in [1.54, 1.807) is 0 Å². The number of nitrogens with one attached hydrogen (secondary N) is 1. The van der Waals surface area contributed by atoms with E-state index in [0.29, 0.717) is 6.04 Å². The van der Waals surface area contributed by atoms with Crippen LogP contribution in [0.25, 0.3) is 0 Å². The lowest BCUT2D eigenvalue weighted by Crippen LogP contribution is -2.43. The van der Waals surface area contributed by atoms with Crippen molar-refractivity contribution >= 4 is 0 Å². The predicted octanol–water partition coefficient (Wildman–Crippen LogP) is 2.36. The van der Waals surface area contributed by atoms with E-state index in [2.05, 4.69) is 60.9 Å². The first kappa shape index (κ1) is 16.2. The third kappa shape index (κ3) is 4.62. The smallest absolute Gasteiger partial charge is 0.0521 e. The minimum atomic E-state index is 0.605. The van der Waals surface area contributed by atoms with Crippen molar-refractivity contribution in [2.75, 3.05) is 20.6 Å². The van der Waals surface area contributed by atoms with Gasteiger partial charge in [0.25, 0.3) is 0 Å². The first-order valence-electron chi connectivity index (χ1n) is 7.51. The fourth-order valence-electron chi connectivity index (χ4n) is 2.75. The molecule has 0 amide bonds. The zero-order chi connectivity index (χ0) is 14.3. The molecule has 0 aliphatic heterocycles. The molecule has 0 spiro atoms. The molecular weight excluding hydrogens is 236 g/mol. The van der Waals surface area contributed by atoms with Gasteiger partial charge in [0.05, 0.1) is 5.69 Å². The summed E-state index contributed by atoms with van der Waals surface area (Å²) in [5.41, 5.74) is 1.27. The average Bonchev–Trinajstić information content (AvgIpc) is 2.85. The van der Waals surface area contributed by atoms with Crippen molar-refractivity contribution in [1.29, 1.82) is 0 Å². The van der Waals surface area contributed by atoms with Gasteiger partial charge in [-0.05, 0) is 33.0 Å². The fraction of sp³-hybridized carbons (Fsp3) is 0.800. The lowest BCUT2D eigenvalue weighted by Gasteiger charge is -2.31. The van der Waals surface area contributed by atoms with Crippen molar-refractivity contribution in [3.8, 4) is 0 Å². The summed E-state index contributed by atoms with van der Waals surface area (Å²) in [5.74, 6) is 0.763. The lowest BCUT2D eigenvalue weighted by molar-refractivity contribution is 0.193. The number of nitrogens with zero attached hydrogens (tertiary/aromatic N) is 3. The van der Waals surface area contributed by atoms with Gasteiger partial charge in [-0.3, -0.25) is 4.68 Å². The van der Waals surface area contributed by atoms with Crippen LogP contribution in [0.15, 0.2) is 12.3 Å². The van der Waals surface area contributed by atoms with Crippen LogP contribution in [0.2, 0.25) is 0 Å². The summed E-state index contributed by atoms with van der Waals surface area (Å²) < 4.78 is 2.05. The summed E-state index contributed by atoms with van der Waals surface area (Å²) in [4.78, 5) is 2.35. The number of likely N-dealkylation sites (N-methyl/N-ethyl adjacent to an activating group) is 1. The fourth-order valence-corrected chi connectivity index (χ4v) is 2.75. The Morgan fingerprint density at radius 2 is 1.95 bits per heavy atom. The number of hydrogen-bond acceptors (Lipinski definition) is 3. The molecule has 0 aromatic carbocycles. The Morgan fingerprint density at radius 1 is 1.26 bits per heavy atom. The van der Waals surface area contributed by atoms with Gasteiger partial charge in [-0.15, -0.1) is 0 Å². The molecule has 0 saturated carbocycles. The quantitative estimate of drug-likeness (QED) is 0.745. The second-order valence-electron chi connectivity index (χ2n) is 5.38. The van der Waals surface area contributed by atoms with Crippen LogP contribution in [0.1, 0.15) is 39.3 Å². The highest BCUT2D eigenvalue weighted by Gasteiger charge is 2.20. The van der Waals surface area contributed by atoms with Crippen molar-refractivity contribution in [3.05, 3.63) is 18.0 Å². The highest BCUT2D eigenvalue weighted by atomic mass is 15.3. The van der Waals surface area contributed by atoms with Crippen molar-refractivity contribution in [3.63, 3.8) is 0 Å². The Hall–Kier alpha value is -0.870. The molecule has 110 valence electrons. The Bertz CT molecular complexity index is 342. The topological polar surface area (TPSA) is 33.1 Å². The summed E-state index contributed by atoms with van der Waals surface area (Å²) in [7, 11) is 4.36. The zero-order valence-corrected chi connectivity index (χ0v) is 13.2. The average molecular weight is 266 g/mol. The molecule has 1 heterocycles. The van der Waals surface area contributed by atoms with Gasteiger partial charge in [-0.25, -0.2) is 0 Å². The molecule has 1 aromatic rings. The van der Waals surface area contributed by atoms with E-state index in [1.807, 2.05) is 6.20 Å². The van der Waals surface area contributed by atoms with E-state index in [-0.39, 0.29) is 0 Å². The maximum absolute atomic E-state index is 4.30. The Morgan fingerprint density at radius 3 is 2.47 bits per heavy atom. The largest absolute Gasteiger partial charge is 0.310 e. The summed E-state index contributed by atoms with van der Waals surface area (Å²) in [6, 6.07) is 2.70. The van der Waals surface area contributed by atoms with E-state index >= 15 is 0 Å². The minimum absolute atomic E-state index is 0.605. The first-order valence-corrected chi connectivity index (χ1v) is 7.51. The van der Waals surface area contributed by atoms with Gasteiger partial charge in [0, 0.05) is 31.9 Å². The van der Waals surface area contributed by atoms with Crippen LogP contribution >= 0.6 is 0 Å². The summed E-state index contributed by atoms with van der Waals surface area (Å²) in [6.45, 7) is 9.58. The maximum atomic E-state index is 4.30. The van der Waals surface area contributed by atoms with Crippen LogP contribution in [-0.2, 0) is 13.1 Å².